The first-order chi connectivity index (χ1) is 12.2. The van der Waals surface area contributed by atoms with Gasteiger partial charge in [0, 0.05) is 25.2 Å². The third-order valence-electron chi connectivity index (χ3n) is 3.94. The van der Waals surface area contributed by atoms with Crippen molar-refractivity contribution >= 4 is 11.6 Å². The van der Waals surface area contributed by atoms with Gasteiger partial charge in [-0.3, -0.25) is 0 Å². The van der Waals surface area contributed by atoms with E-state index in [2.05, 4.69) is 20.2 Å². The number of rotatable bonds is 7. The van der Waals surface area contributed by atoms with Gasteiger partial charge in [0.2, 0.25) is 0 Å². The molecular formula is C18H24N4O3. The maximum absolute atomic E-state index is 5.91. The van der Waals surface area contributed by atoms with Crippen LogP contribution in [0, 0.1) is 0 Å². The number of anilines is 2. The fourth-order valence-electron chi connectivity index (χ4n) is 2.61. The molecule has 1 aromatic heterocycles. The molecule has 0 radical (unpaired) electrons. The molecule has 7 nitrogen and oxygen atoms in total. The van der Waals surface area contributed by atoms with Gasteiger partial charge in [0.1, 0.15) is 35.6 Å². The first kappa shape index (κ1) is 17.3. The largest absolute Gasteiger partial charge is 0.497 e. The van der Waals surface area contributed by atoms with E-state index in [1.807, 2.05) is 37.3 Å². The number of methoxy groups -OCH3 is 1. The Balaban J connectivity index is 1.53. The second-order valence-corrected chi connectivity index (χ2v) is 5.85. The topological polar surface area (TPSA) is 68.7 Å². The van der Waals surface area contributed by atoms with Gasteiger partial charge < -0.3 is 24.4 Å². The van der Waals surface area contributed by atoms with Gasteiger partial charge in [-0.2, -0.15) is 0 Å². The highest BCUT2D eigenvalue weighted by atomic mass is 16.5. The molecule has 2 aromatic rings. The van der Waals surface area contributed by atoms with E-state index in [-0.39, 0.29) is 6.10 Å². The monoisotopic (exact) mass is 344 g/mol. The zero-order valence-electron chi connectivity index (χ0n) is 14.6. The van der Waals surface area contributed by atoms with E-state index in [1.54, 1.807) is 13.4 Å². The Bertz CT molecular complexity index is 677. The molecule has 0 saturated carbocycles. The van der Waals surface area contributed by atoms with Crippen molar-refractivity contribution in [3.63, 3.8) is 0 Å². The second-order valence-electron chi connectivity index (χ2n) is 5.85. The van der Waals surface area contributed by atoms with Crippen LogP contribution in [0.5, 0.6) is 11.5 Å². The molecule has 7 heteroatoms. The van der Waals surface area contributed by atoms with Gasteiger partial charge in [-0.1, -0.05) is 6.07 Å². The van der Waals surface area contributed by atoms with Gasteiger partial charge >= 0.3 is 0 Å². The van der Waals surface area contributed by atoms with Crippen molar-refractivity contribution in [1.29, 1.82) is 0 Å². The molecule has 0 spiro atoms. The summed E-state index contributed by atoms with van der Waals surface area (Å²) in [6.45, 7) is 5.82. The van der Waals surface area contributed by atoms with Crippen molar-refractivity contribution in [3.05, 3.63) is 36.7 Å². The lowest BCUT2D eigenvalue weighted by atomic mass is 10.3. The summed E-state index contributed by atoms with van der Waals surface area (Å²) in [6, 6.07) is 9.55. The summed E-state index contributed by atoms with van der Waals surface area (Å²) < 4.78 is 16.5. The van der Waals surface area contributed by atoms with Crippen LogP contribution in [0.4, 0.5) is 11.6 Å². The second kappa shape index (κ2) is 8.53. The molecule has 134 valence electrons. The van der Waals surface area contributed by atoms with Crippen LogP contribution in [0.3, 0.4) is 0 Å². The molecule has 1 aliphatic heterocycles. The number of hydrogen-bond donors (Lipinski definition) is 1. The van der Waals surface area contributed by atoms with Gasteiger partial charge in [-0.25, -0.2) is 9.97 Å². The number of hydrogen-bond acceptors (Lipinski definition) is 7. The number of morpholine rings is 1. The Morgan fingerprint density at radius 2 is 2.00 bits per heavy atom. The Kier molecular flexibility index (Phi) is 5.90. The zero-order chi connectivity index (χ0) is 17.5. The van der Waals surface area contributed by atoms with Crippen molar-refractivity contribution in [3.8, 4) is 11.5 Å². The Labute approximate surface area is 147 Å². The number of ether oxygens (including phenoxy) is 3. The first-order valence-corrected chi connectivity index (χ1v) is 8.44. The quantitative estimate of drug-likeness (QED) is 0.826. The van der Waals surface area contributed by atoms with Gasteiger partial charge in [-0.15, -0.1) is 0 Å². The van der Waals surface area contributed by atoms with Gasteiger partial charge in [-0.05, 0) is 19.1 Å². The van der Waals surface area contributed by atoms with Crippen LogP contribution in [0.2, 0.25) is 0 Å². The van der Waals surface area contributed by atoms with Gasteiger partial charge in [0.15, 0.2) is 0 Å². The molecule has 0 amide bonds. The van der Waals surface area contributed by atoms with Crippen LogP contribution in [0.1, 0.15) is 6.92 Å². The summed E-state index contributed by atoms with van der Waals surface area (Å²) in [6.07, 6.45) is 1.56. The molecule has 1 fully saturated rings. The minimum atomic E-state index is -0.0195. The number of nitrogens with zero attached hydrogens (tertiary/aromatic N) is 3. The van der Waals surface area contributed by atoms with Crippen LogP contribution in [-0.2, 0) is 4.74 Å². The number of nitrogens with one attached hydrogen (secondary N) is 1. The molecule has 1 unspecified atom stereocenters. The molecule has 1 N–H and O–H groups in total. The molecule has 3 rings (SSSR count). The van der Waals surface area contributed by atoms with Crippen LogP contribution >= 0.6 is 0 Å². The van der Waals surface area contributed by atoms with Crippen LogP contribution in [0.15, 0.2) is 36.7 Å². The molecular weight excluding hydrogens is 320 g/mol. The lowest BCUT2D eigenvalue weighted by Crippen LogP contribution is -2.36. The highest BCUT2D eigenvalue weighted by Gasteiger charge is 2.13. The standard InChI is InChI=1S/C18H24N4O3/c1-14(25-16-5-3-4-15(10-16)23-2)12-19-17-11-18(21-13-20-17)22-6-8-24-9-7-22/h3-5,10-11,13-14H,6-9,12H2,1-2H3,(H,19,20,21). The lowest BCUT2D eigenvalue weighted by molar-refractivity contribution is 0.122. The minimum absolute atomic E-state index is 0.0195. The summed E-state index contributed by atoms with van der Waals surface area (Å²) in [7, 11) is 1.64. The fourth-order valence-corrected chi connectivity index (χ4v) is 2.61. The third-order valence-corrected chi connectivity index (χ3v) is 3.94. The molecule has 0 bridgehead atoms. The molecule has 1 aromatic carbocycles. The van der Waals surface area contributed by atoms with E-state index in [1.165, 1.54) is 0 Å². The van der Waals surface area contributed by atoms with Crippen molar-refractivity contribution < 1.29 is 14.2 Å². The van der Waals surface area contributed by atoms with E-state index >= 15 is 0 Å². The Morgan fingerprint density at radius 3 is 2.80 bits per heavy atom. The smallest absolute Gasteiger partial charge is 0.134 e. The summed E-state index contributed by atoms with van der Waals surface area (Å²) in [5.74, 6) is 3.27. The Hall–Kier alpha value is -2.54. The average Bonchev–Trinajstić information content (AvgIpc) is 2.67. The predicted molar refractivity (Wildman–Crippen MR) is 96.6 cm³/mol. The normalized spacial score (nSPS) is 15.5. The molecule has 1 atom stereocenters. The molecule has 1 aliphatic rings. The number of aromatic nitrogens is 2. The van der Waals surface area contributed by atoms with E-state index in [0.717, 1.165) is 49.4 Å². The first-order valence-electron chi connectivity index (χ1n) is 8.44. The lowest BCUT2D eigenvalue weighted by Gasteiger charge is -2.27. The SMILES string of the molecule is COc1cccc(OC(C)CNc2cc(N3CCOCC3)ncn2)c1. The average molecular weight is 344 g/mol. The summed E-state index contributed by atoms with van der Waals surface area (Å²) in [4.78, 5) is 10.8. The van der Waals surface area contributed by atoms with Crippen molar-refractivity contribution in [1.82, 2.24) is 9.97 Å². The maximum Gasteiger partial charge on any atom is 0.134 e. The minimum Gasteiger partial charge on any atom is -0.497 e. The third kappa shape index (κ3) is 4.96. The Morgan fingerprint density at radius 1 is 1.20 bits per heavy atom. The molecule has 2 heterocycles. The molecule has 1 saturated heterocycles. The highest BCUT2D eigenvalue weighted by molar-refractivity contribution is 5.48. The zero-order valence-corrected chi connectivity index (χ0v) is 14.6. The van der Waals surface area contributed by atoms with Crippen molar-refractivity contribution in [2.75, 3.05) is 50.2 Å². The summed E-state index contributed by atoms with van der Waals surface area (Å²) in [5, 5.41) is 3.31. The summed E-state index contributed by atoms with van der Waals surface area (Å²) in [5.41, 5.74) is 0. The van der Waals surface area contributed by atoms with Crippen LogP contribution in [0.25, 0.3) is 0 Å². The summed E-state index contributed by atoms with van der Waals surface area (Å²) >= 11 is 0. The van der Waals surface area contributed by atoms with Crippen LogP contribution < -0.4 is 19.7 Å². The number of benzene rings is 1. The highest BCUT2D eigenvalue weighted by Crippen LogP contribution is 2.20. The maximum atomic E-state index is 5.91. The fraction of sp³-hybridized carbons (Fsp3) is 0.444. The van der Waals surface area contributed by atoms with Crippen molar-refractivity contribution in [2.45, 2.75) is 13.0 Å². The van der Waals surface area contributed by atoms with Crippen molar-refractivity contribution in [2.24, 2.45) is 0 Å². The van der Waals surface area contributed by atoms with Crippen LogP contribution in [-0.4, -0.2) is 56.0 Å². The molecule has 0 aliphatic carbocycles. The predicted octanol–water partition coefficient (Wildman–Crippen LogP) is 2.20. The van der Waals surface area contributed by atoms with E-state index in [9.17, 15) is 0 Å². The van der Waals surface area contributed by atoms with E-state index in [0.29, 0.717) is 6.54 Å². The molecule has 25 heavy (non-hydrogen) atoms. The van der Waals surface area contributed by atoms with E-state index < -0.39 is 0 Å². The van der Waals surface area contributed by atoms with E-state index in [4.69, 9.17) is 14.2 Å². The van der Waals surface area contributed by atoms with Gasteiger partial charge in [0.05, 0.1) is 26.9 Å². The van der Waals surface area contributed by atoms with Gasteiger partial charge in [0.25, 0.3) is 0 Å².